The van der Waals surface area contributed by atoms with Gasteiger partial charge in [-0.1, -0.05) is 0 Å². The third kappa shape index (κ3) is 2.91. The molecule has 2 fully saturated rings. The molecule has 3 rings (SSSR count). The molecule has 1 aromatic heterocycles. The van der Waals surface area contributed by atoms with Crippen LogP contribution in [0.5, 0.6) is 0 Å². The number of hydrogen-bond acceptors (Lipinski definition) is 4. The first-order valence-electron chi connectivity index (χ1n) is 7.81. The molecule has 22 heavy (non-hydrogen) atoms. The number of primary amides is 1. The van der Waals surface area contributed by atoms with Gasteiger partial charge in [-0.3, -0.25) is 14.6 Å². The van der Waals surface area contributed by atoms with Crippen LogP contribution in [0.25, 0.3) is 0 Å². The van der Waals surface area contributed by atoms with E-state index in [9.17, 15) is 9.59 Å². The summed E-state index contributed by atoms with van der Waals surface area (Å²) >= 11 is 0. The summed E-state index contributed by atoms with van der Waals surface area (Å²) in [5.41, 5.74) is 7.53. The first-order chi connectivity index (χ1) is 10.5. The maximum atomic E-state index is 12.1. The number of nitrogens with zero attached hydrogens (tertiary/aromatic N) is 3. The first kappa shape index (κ1) is 14.8. The van der Waals surface area contributed by atoms with E-state index in [1.165, 1.54) is 5.69 Å². The lowest BCUT2D eigenvalue weighted by atomic mass is 10.0. The van der Waals surface area contributed by atoms with Crippen molar-refractivity contribution in [2.45, 2.75) is 32.2 Å². The summed E-state index contributed by atoms with van der Waals surface area (Å²) in [7, 11) is 0. The van der Waals surface area contributed by atoms with Crippen LogP contribution in [0.2, 0.25) is 0 Å². The van der Waals surface area contributed by atoms with Gasteiger partial charge in [0.2, 0.25) is 11.8 Å². The molecule has 0 radical (unpaired) electrons. The van der Waals surface area contributed by atoms with Gasteiger partial charge in [-0.25, -0.2) is 0 Å². The minimum absolute atomic E-state index is 0.0713. The third-order valence-electron chi connectivity index (χ3n) is 4.71. The highest BCUT2D eigenvalue weighted by molar-refractivity contribution is 5.88. The summed E-state index contributed by atoms with van der Waals surface area (Å²) < 4.78 is 0. The van der Waals surface area contributed by atoms with Crippen molar-refractivity contribution in [3.05, 3.63) is 24.0 Å². The second-order valence-electron chi connectivity index (χ2n) is 6.22. The number of amides is 2. The van der Waals surface area contributed by atoms with E-state index < -0.39 is 0 Å². The molecular weight excluding hydrogens is 280 g/mol. The predicted octanol–water partition coefficient (Wildman–Crippen LogP) is 0.693. The molecule has 2 aliphatic rings. The van der Waals surface area contributed by atoms with E-state index in [1.807, 2.05) is 24.1 Å². The van der Waals surface area contributed by atoms with Crippen molar-refractivity contribution in [2.75, 3.05) is 24.5 Å². The van der Waals surface area contributed by atoms with E-state index >= 15 is 0 Å². The molecule has 0 spiro atoms. The van der Waals surface area contributed by atoms with Crippen LogP contribution in [0.15, 0.2) is 18.3 Å². The molecular formula is C16H22N4O2. The van der Waals surface area contributed by atoms with Gasteiger partial charge >= 0.3 is 0 Å². The SMILES string of the molecule is Cc1cc(N2CCC(N3CC(C(N)=O)CC3=O)CC2)ccn1. The Morgan fingerprint density at radius 2 is 2.09 bits per heavy atom. The van der Waals surface area contributed by atoms with Crippen LogP contribution in [0.1, 0.15) is 25.0 Å². The summed E-state index contributed by atoms with van der Waals surface area (Å²) in [6.07, 6.45) is 3.97. The Bertz CT molecular complexity index is 581. The van der Waals surface area contributed by atoms with Gasteiger partial charge in [-0.15, -0.1) is 0 Å². The zero-order chi connectivity index (χ0) is 15.7. The number of rotatable bonds is 3. The fourth-order valence-electron chi connectivity index (χ4n) is 3.44. The van der Waals surface area contributed by atoms with Crippen LogP contribution in [0.3, 0.4) is 0 Å². The molecule has 2 amide bonds. The largest absolute Gasteiger partial charge is 0.371 e. The lowest BCUT2D eigenvalue weighted by molar-refractivity contribution is -0.130. The molecule has 2 aliphatic heterocycles. The van der Waals surface area contributed by atoms with Crippen molar-refractivity contribution in [1.29, 1.82) is 0 Å². The van der Waals surface area contributed by atoms with Crippen molar-refractivity contribution in [2.24, 2.45) is 11.7 Å². The summed E-state index contributed by atoms with van der Waals surface area (Å²) in [6.45, 7) is 4.31. The Labute approximate surface area is 130 Å². The number of pyridine rings is 1. The van der Waals surface area contributed by atoms with E-state index in [0.717, 1.165) is 31.6 Å². The molecule has 0 bridgehead atoms. The van der Waals surface area contributed by atoms with Crippen LogP contribution >= 0.6 is 0 Å². The second-order valence-corrected chi connectivity index (χ2v) is 6.22. The number of hydrogen-bond donors (Lipinski definition) is 1. The lowest BCUT2D eigenvalue weighted by Gasteiger charge is -2.38. The van der Waals surface area contributed by atoms with Crippen LogP contribution < -0.4 is 10.6 Å². The Hall–Kier alpha value is -2.11. The van der Waals surface area contributed by atoms with Gasteiger partial charge in [0, 0.05) is 49.7 Å². The standard InChI is InChI=1S/C16H22N4O2/c1-11-8-14(2-5-18-11)19-6-3-13(4-7-19)20-10-12(16(17)22)9-15(20)21/h2,5,8,12-13H,3-4,6-7,9-10H2,1H3,(H2,17,22). The van der Waals surface area contributed by atoms with E-state index in [4.69, 9.17) is 5.73 Å². The number of aromatic nitrogens is 1. The van der Waals surface area contributed by atoms with Gasteiger partial charge in [0.05, 0.1) is 5.92 Å². The monoisotopic (exact) mass is 302 g/mol. The summed E-state index contributed by atoms with van der Waals surface area (Å²) in [5.74, 6) is -0.601. The first-order valence-corrected chi connectivity index (χ1v) is 7.81. The van der Waals surface area contributed by atoms with E-state index in [2.05, 4.69) is 16.0 Å². The Kier molecular flexibility index (Phi) is 4.00. The van der Waals surface area contributed by atoms with Crippen LogP contribution in [-0.2, 0) is 9.59 Å². The maximum absolute atomic E-state index is 12.1. The minimum atomic E-state index is -0.361. The highest BCUT2D eigenvalue weighted by Gasteiger charge is 2.38. The smallest absolute Gasteiger partial charge is 0.223 e. The van der Waals surface area contributed by atoms with Gasteiger partial charge in [0.25, 0.3) is 0 Å². The number of piperidine rings is 1. The van der Waals surface area contributed by atoms with Crippen LogP contribution in [-0.4, -0.2) is 47.4 Å². The molecule has 3 heterocycles. The molecule has 1 unspecified atom stereocenters. The summed E-state index contributed by atoms with van der Waals surface area (Å²) in [4.78, 5) is 31.8. The fraction of sp³-hybridized carbons (Fsp3) is 0.562. The van der Waals surface area contributed by atoms with Crippen molar-refractivity contribution < 1.29 is 9.59 Å². The Balaban J connectivity index is 1.60. The average molecular weight is 302 g/mol. The Morgan fingerprint density at radius 1 is 1.36 bits per heavy atom. The van der Waals surface area contributed by atoms with Gasteiger partial charge < -0.3 is 15.5 Å². The molecule has 2 N–H and O–H groups in total. The van der Waals surface area contributed by atoms with Crippen LogP contribution in [0.4, 0.5) is 5.69 Å². The lowest BCUT2D eigenvalue weighted by Crippen LogP contribution is -2.46. The zero-order valence-electron chi connectivity index (χ0n) is 12.9. The summed E-state index contributed by atoms with van der Waals surface area (Å²) in [5, 5.41) is 0. The van der Waals surface area contributed by atoms with Gasteiger partial charge in [-0.2, -0.15) is 0 Å². The quantitative estimate of drug-likeness (QED) is 0.891. The maximum Gasteiger partial charge on any atom is 0.223 e. The highest BCUT2D eigenvalue weighted by atomic mass is 16.2. The number of carbonyl (C=O) groups is 2. The molecule has 6 nitrogen and oxygen atoms in total. The number of anilines is 1. The molecule has 1 aromatic rings. The molecule has 118 valence electrons. The van der Waals surface area contributed by atoms with E-state index in [-0.39, 0.29) is 30.2 Å². The third-order valence-corrected chi connectivity index (χ3v) is 4.71. The van der Waals surface area contributed by atoms with E-state index in [0.29, 0.717) is 6.54 Å². The molecule has 0 aromatic carbocycles. The number of aryl methyl sites for hydroxylation is 1. The van der Waals surface area contributed by atoms with Gasteiger partial charge in [-0.05, 0) is 31.9 Å². The number of nitrogens with two attached hydrogens (primary N) is 1. The van der Waals surface area contributed by atoms with Crippen molar-refractivity contribution in [3.8, 4) is 0 Å². The second kappa shape index (κ2) is 5.94. The predicted molar refractivity (Wildman–Crippen MR) is 83.2 cm³/mol. The topological polar surface area (TPSA) is 79.5 Å². The molecule has 1 atom stereocenters. The van der Waals surface area contributed by atoms with E-state index in [1.54, 1.807) is 0 Å². The molecule has 6 heteroatoms. The highest BCUT2D eigenvalue weighted by Crippen LogP contribution is 2.27. The molecule has 2 saturated heterocycles. The van der Waals surface area contributed by atoms with Crippen molar-refractivity contribution >= 4 is 17.5 Å². The van der Waals surface area contributed by atoms with Crippen molar-refractivity contribution in [1.82, 2.24) is 9.88 Å². The summed E-state index contributed by atoms with van der Waals surface area (Å²) in [6, 6.07) is 4.35. The average Bonchev–Trinajstić information content (AvgIpc) is 2.90. The van der Waals surface area contributed by atoms with Gasteiger partial charge in [0.1, 0.15) is 0 Å². The number of carbonyl (C=O) groups excluding carboxylic acids is 2. The normalized spacial score (nSPS) is 23.1. The Morgan fingerprint density at radius 3 is 2.68 bits per heavy atom. The van der Waals surface area contributed by atoms with Crippen LogP contribution in [0, 0.1) is 12.8 Å². The fourth-order valence-corrected chi connectivity index (χ4v) is 3.44. The number of likely N-dealkylation sites (tertiary alicyclic amines) is 1. The van der Waals surface area contributed by atoms with Gasteiger partial charge in [0.15, 0.2) is 0 Å². The molecule has 0 saturated carbocycles. The molecule has 0 aliphatic carbocycles. The minimum Gasteiger partial charge on any atom is -0.371 e. The zero-order valence-corrected chi connectivity index (χ0v) is 12.9. The van der Waals surface area contributed by atoms with Crippen molar-refractivity contribution in [3.63, 3.8) is 0 Å².